The lowest BCUT2D eigenvalue weighted by Crippen LogP contribution is -1.92. The van der Waals surface area contributed by atoms with Gasteiger partial charge in [-0.3, -0.25) is 15.1 Å². The van der Waals surface area contributed by atoms with Gasteiger partial charge in [-0.15, -0.1) is 0 Å². The molecule has 0 radical (unpaired) electrons. The largest absolute Gasteiger partial charge is 0.270 e. The van der Waals surface area contributed by atoms with Gasteiger partial charge in [0.1, 0.15) is 6.07 Å². The number of allylic oxidation sites excluding steroid dienone is 1. The highest BCUT2D eigenvalue weighted by molar-refractivity contribution is 6.53. The van der Waals surface area contributed by atoms with Crippen molar-refractivity contribution in [3.05, 3.63) is 69.5 Å². The van der Waals surface area contributed by atoms with Gasteiger partial charge < -0.3 is 0 Å². The molecular formula is C15H10ClN3O2. The third-order valence-corrected chi connectivity index (χ3v) is 3.22. The second-order valence-electron chi connectivity index (χ2n) is 4.36. The Balaban J connectivity index is 2.61. The molecule has 1 aromatic carbocycles. The molecule has 0 N–H and O–H groups in total. The fourth-order valence-corrected chi connectivity index (χ4v) is 2.15. The summed E-state index contributed by atoms with van der Waals surface area (Å²) in [6, 6.07) is 9.91. The molecule has 2 aromatic rings. The van der Waals surface area contributed by atoms with Crippen molar-refractivity contribution in [2.45, 2.75) is 6.92 Å². The zero-order chi connectivity index (χ0) is 15.4. The highest BCUT2D eigenvalue weighted by Crippen LogP contribution is 2.31. The van der Waals surface area contributed by atoms with E-state index in [0.29, 0.717) is 16.7 Å². The van der Waals surface area contributed by atoms with E-state index >= 15 is 0 Å². The minimum Gasteiger partial charge on any atom is -0.264 e. The van der Waals surface area contributed by atoms with Gasteiger partial charge in [-0.25, -0.2) is 0 Å². The van der Waals surface area contributed by atoms with Crippen molar-refractivity contribution in [1.82, 2.24) is 4.98 Å². The Kier molecular flexibility index (Phi) is 4.31. The van der Waals surface area contributed by atoms with Crippen LogP contribution in [0.25, 0.3) is 10.6 Å². The summed E-state index contributed by atoms with van der Waals surface area (Å²) in [5, 5.41) is 20.4. The van der Waals surface area contributed by atoms with E-state index in [1.807, 2.05) is 6.07 Å². The predicted octanol–water partition coefficient (Wildman–Crippen LogP) is 3.93. The average molecular weight is 300 g/mol. The first kappa shape index (κ1) is 14.7. The Labute approximate surface area is 126 Å². The summed E-state index contributed by atoms with van der Waals surface area (Å²) in [4.78, 5) is 14.4. The molecule has 2 rings (SSSR count). The number of benzene rings is 1. The Hall–Kier alpha value is -2.71. The first-order valence-corrected chi connectivity index (χ1v) is 6.37. The molecule has 21 heavy (non-hydrogen) atoms. The van der Waals surface area contributed by atoms with Crippen molar-refractivity contribution < 1.29 is 4.92 Å². The molecule has 5 nitrogen and oxygen atoms in total. The lowest BCUT2D eigenvalue weighted by atomic mass is 10.0. The fourth-order valence-electron chi connectivity index (χ4n) is 1.89. The number of hydrogen-bond donors (Lipinski definition) is 0. The van der Waals surface area contributed by atoms with E-state index in [1.54, 1.807) is 31.3 Å². The van der Waals surface area contributed by atoms with Crippen LogP contribution in [0.5, 0.6) is 0 Å². The first-order chi connectivity index (χ1) is 10.0. The summed E-state index contributed by atoms with van der Waals surface area (Å²) in [7, 11) is 0. The Morgan fingerprint density at radius 2 is 2.14 bits per heavy atom. The van der Waals surface area contributed by atoms with Crippen LogP contribution >= 0.6 is 11.6 Å². The van der Waals surface area contributed by atoms with Crippen LogP contribution in [-0.2, 0) is 0 Å². The van der Waals surface area contributed by atoms with E-state index in [-0.39, 0.29) is 16.3 Å². The van der Waals surface area contributed by atoms with Gasteiger partial charge in [0.05, 0.1) is 15.5 Å². The van der Waals surface area contributed by atoms with Crippen LogP contribution in [0.2, 0.25) is 0 Å². The van der Waals surface area contributed by atoms with E-state index in [1.165, 1.54) is 18.3 Å². The van der Waals surface area contributed by atoms with Crippen molar-refractivity contribution in [2.75, 3.05) is 0 Å². The number of rotatable bonds is 3. The molecule has 0 bridgehead atoms. The highest BCUT2D eigenvalue weighted by Gasteiger charge is 2.14. The summed E-state index contributed by atoms with van der Waals surface area (Å²) in [5.41, 5.74) is 1.86. The third-order valence-electron chi connectivity index (χ3n) is 2.81. The topological polar surface area (TPSA) is 79.8 Å². The number of aromatic nitrogens is 1. The molecule has 0 aliphatic carbocycles. The number of nitro benzene ring substituents is 1. The van der Waals surface area contributed by atoms with Gasteiger partial charge in [0.25, 0.3) is 5.69 Å². The lowest BCUT2D eigenvalue weighted by molar-refractivity contribution is -0.384. The number of pyridine rings is 1. The summed E-state index contributed by atoms with van der Waals surface area (Å²) in [6.45, 7) is 1.73. The maximum Gasteiger partial charge on any atom is 0.270 e. The number of nitro groups is 1. The van der Waals surface area contributed by atoms with Gasteiger partial charge in [-0.2, -0.15) is 5.26 Å². The fraction of sp³-hybridized carbons (Fsp3) is 0.0667. The summed E-state index contributed by atoms with van der Waals surface area (Å²) in [6.07, 6.45) is 3.11. The van der Waals surface area contributed by atoms with Crippen molar-refractivity contribution in [3.8, 4) is 6.07 Å². The average Bonchev–Trinajstić information content (AvgIpc) is 2.48. The van der Waals surface area contributed by atoms with Gasteiger partial charge in [-0.1, -0.05) is 17.7 Å². The van der Waals surface area contributed by atoms with Crippen LogP contribution < -0.4 is 0 Å². The molecular weight excluding hydrogens is 290 g/mol. The summed E-state index contributed by atoms with van der Waals surface area (Å²) in [5.74, 6) is 0. The Morgan fingerprint density at radius 1 is 1.38 bits per heavy atom. The molecule has 1 aromatic heterocycles. The maximum absolute atomic E-state index is 10.9. The number of nitrogens with zero attached hydrogens (tertiary/aromatic N) is 3. The third kappa shape index (κ3) is 3.25. The predicted molar refractivity (Wildman–Crippen MR) is 80.4 cm³/mol. The van der Waals surface area contributed by atoms with Gasteiger partial charge in [0, 0.05) is 35.7 Å². The zero-order valence-corrected chi connectivity index (χ0v) is 11.8. The quantitative estimate of drug-likeness (QED) is 0.488. The number of halogens is 1. The van der Waals surface area contributed by atoms with E-state index in [0.717, 1.165) is 0 Å². The van der Waals surface area contributed by atoms with Crippen LogP contribution in [0.15, 0.2) is 42.7 Å². The number of aryl methyl sites for hydroxylation is 1. The molecule has 0 saturated carbocycles. The van der Waals surface area contributed by atoms with Crippen LogP contribution in [0, 0.1) is 28.4 Å². The summed E-state index contributed by atoms with van der Waals surface area (Å²) >= 11 is 6.26. The monoisotopic (exact) mass is 299 g/mol. The van der Waals surface area contributed by atoms with Crippen molar-refractivity contribution >= 4 is 27.9 Å². The molecule has 0 fully saturated rings. The zero-order valence-electron chi connectivity index (χ0n) is 11.1. The number of hydrogen-bond acceptors (Lipinski definition) is 4. The van der Waals surface area contributed by atoms with Gasteiger partial charge >= 0.3 is 0 Å². The van der Waals surface area contributed by atoms with Crippen LogP contribution in [-0.4, -0.2) is 9.91 Å². The SMILES string of the molecule is Cc1cc(/C(Cl)=C(/C#N)c2cccnc2)cc([N+](=O)[O-])c1. The van der Waals surface area contributed by atoms with Gasteiger partial charge in [-0.05, 0) is 24.6 Å². The molecule has 0 unspecified atom stereocenters. The molecule has 0 spiro atoms. The molecule has 0 saturated heterocycles. The van der Waals surface area contributed by atoms with Crippen molar-refractivity contribution in [2.24, 2.45) is 0 Å². The van der Waals surface area contributed by atoms with E-state index in [4.69, 9.17) is 11.6 Å². The molecule has 104 valence electrons. The number of nitriles is 1. The van der Waals surface area contributed by atoms with Crippen LogP contribution in [0.3, 0.4) is 0 Å². The van der Waals surface area contributed by atoms with E-state index in [2.05, 4.69) is 4.98 Å². The Bertz CT molecular complexity index is 764. The minimum atomic E-state index is -0.489. The lowest BCUT2D eigenvalue weighted by Gasteiger charge is -2.05. The van der Waals surface area contributed by atoms with E-state index in [9.17, 15) is 15.4 Å². The second kappa shape index (κ2) is 6.16. The molecule has 0 amide bonds. The molecule has 1 heterocycles. The normalized spacial score (nSPS) is 11.5. The maximum atomic E-state index is 10.9. The minimum absolute atomic E-state index is 0.0633. The first-order valence-electron chi connectivity index (χ1n) is 5.99. The molecule has 0 aliphatic rings. The smallest absolute Gasteiger partial charge is 0.264 e. The highest BCUT2D eigenvalue weighted by atomic mass is 35.5. The van der Waals surface area contributed by atoms with Gasteiger partial charge in [0.2, 0.25) is 0 Å². The standard InChI is InChI=1S/C15H10ClN3O2/c1-10-5-12(7-13(6-10)19(20)21)15(16)14(8-17)11-3-2-4-18-9-11/h2-7,9H,1H3/b15-14+. The van der Waals surface area contributed by atoms with Crippen molar-refractivity contribution in [1.29, 1.82) is 5.26 Å². The van der Waals surface area contributed by atoms with Gasteiger partial charge in [0.15, 0.2) is 0 Å². The van der Waals surface area contributed by atoms with E-state index < -0.39 is 4.92 Å². The second-order valence-corrected chi connectivity index (χ2v) is 4.73. The van der Waals surface area contributed by atoms with Crippen LogP contribution in [0.4, 0.5) is 5.69 Å². The number of non-ortho nitro benzene ring substituents is 1. The molecule has 6 heteroatoms. The summed E-state index contributed by atoms with van der Waals surface area (Å²) < 4.78 is 0. The molecule has 0 atom stereocenters. The van der Waals surface area contributed by atoms with Crippen LogP contribution in [0.1, 0.15) is 16.7 Å². The molecule has 0 aliphatic heterocycles. The Morgan fingerprint density at radius 3 is 2.71 bits per heavy atom. The van der Waals surface area contributed by atoms with Crippen molar-refractivity contribution in [3.63, 3.8) is 0 Å².